The Labute approximate surface area is 153 Å². The van der Waals surface area contributed by atoms with Crippen LogP contribution in [0.1, 0.15) is 48.8 Å². The minimum atomic E-state index is -3.27. The summed E-state index contributed by atoms with van der Waals surface area (Å²) in [6, 6.07) is 8.37. The maximum absolute atomic E-state index is 11.8. The predicted molar refractivity (Wildman–Crippen MR) is 95.2 cm³/mol. The zero-order valence-corrected chi connectivity index (χ0v) is 15.8. The lowest BCUT2D eigenvalue weighted by atomic mass is 9.71. The summed E-state index contributed by atoms with van der Waals surface area (Å²) in [5, 5.41) is 8.49. The first-order chi connectivity index (χ1) is 12.4. The van der Waals surface area contributed by atoms with Crippen molar-refractivity contribution in [3.05, 3.63) is 47.2 Å². The normalized spacial score (nSPS) is 27.2. The van der Waals surface area contributed by atoms with Gasteiger partial charge in [-0.25, -0.2) is 8.42 Å². The molecule has 2 aliphatic rings. The van der Waals surface area contributed by atoms with Crippen molar-refractivity contribution in [2.45, 2.75) is 37.7 Å². The van der Waals surface area contributed by atoms with Gasteiger partial charge in [0.25, 0.3) is 0 Å². The number of benzene rings is 1. The predicted octanol–water partition coefficient (Wildman–Crippen LogP) is 2.04. The topological polar surface area (TPSA) is 85.5 Å². The van der Waals surface area contributed by atoms with E-state index in [1.807, 2.05) is 6.07 Å². The highest BCUT2D eigenvalue weighted by molar-refractivity contribution is 7.88. The number of hydrogen-bond acceptors (Lipinski definition) is 6. The monoisotopic (exact) mass is 377 g/mol. The molecule has 1 aromatic heterocycles. The van der Waals surface area contributed by atoms with E-state index in [9.17, 15) is 8.42 Å². The van der Waals surface area contributed by atoms with Gasteiger partial charge in [0, 0.05) is 13.1 Å². The van der Waals surface area contributed by atoms with Crippen LogP contribution in [0, 0.1) is 0 Å². The van der Waals surface area contributed by atoms with Crippen molar-refractivity contribution >= 4 is 10.0 Å². The molecule has 0 radical (unpaired) electrons. The summed E-state index contributed by atoms with van der Waals surface area (Å²) in [5.74, 6) is 0.914. The second-order valence-corrected chi connectivity index (χ2v) is 9.25. The third kappa shape index (κ3) is 3.06. The van der Waals surface area contributed by atoms with Gasteiger partial charge in [-0.3, -0.25) is 0 Å². The van der Waals surface area contributed by atoms with Gasteiger partial charge in [-0.2, -0.15) is 4.31 Å². The lowest BCUT2D eigenvalue weighted by molar-refractivity contribution is -0.0180. The average Bonchev–Trinajstić information content (AvgIpc) is 3.13. The number of nitrogens with zero attached hydrogens (tertiary/aromatic N) is 3. The number of aryl methyl sites for hydroxylation is 1. The second-order valence-electron chi connectivity index (χ2n) is 7.27. The van der Waals surface area contributed by atoms with Crippen molar-refractivity contribution in [3.8, 4) is 0 Å². The molecule has 26 heavy (non-hydrogen) atoms. The number of morpholine rings is 1. The zero-order chi connectivity index (χ0) is 18.4. The van der Waals surface area contributed by atoms with E-state index in [2.05, 4.69) is 35.3 Å². The van der Waals surface area contributed by atoms with Crippen LogP contribution in [-0.4, -0.2) is 48.9 Å². The molecule has 1 fully saturated rings. The maximum Gasteiger partial charge on any atom is 0.246 e. The number of hydrogen-bond donors (Lipinski definition) is 0. The standard InChI is InChI=1S/C18H23N3O4S/c1-18(9-5-7-13-6-3-4-8-14(13)18)17-20-19-16(25-17)15-12-21(10-11-24-15)26(2,22)23/h3-4,6,8,15H,5,7,9-12H2,1-2H3/t15-,18-/m0/s1. The summed E-state index contributed by atoms with van der Waals surface area (Å²) in [6.07, 6.45) is 3.73. The summed E-state index contributed by atoms with van der Waals surface area (Å²) in [5.41, 5.74) is 2.22. The van der Waals surface area contributed by atoms with Crippen LogP contribution < -0.4 is 0 Å². The Morgan fingerprint density at radius 2 is 2.08 bits per heavy atom. The molecule has 8 heteroatoms. The third-order valence-electron chi connectivity index (χ3n) is 5.42. The van der Waals surface area contributed by atoms with E-state index in [1.165, 1.54) is 21.7 Å². The van der Waals surface area contributed by atoms with E-state index >= 15 is 0 Å². The first-order valence-corrected chi connectivity index (χ1v) is 10.7. The van der Waals surface area contributed by atoms with Gasteiger partial charge in [0.2, 0.25) is 21.8 Å². The van der Waals surface area contributed by atoms with Crippen molar-refractivity contribution in [1.29, 1.82) is 0 Å². The Morgan fingerprint density at radius 1 is 1.27 bits per heavy atom. The molecule has 7 nitrogen and oxygen atoms in total. The molecular weight excluding hydrogens is 354 g/mol. The number of sulfonamides is 1. The van der Waals surface area contributed by atoms with Gasteiger partial charge in [-0.1, -0.05) is 24.3 Å². The highest BCUT2D eigenvalue weighted by Gasteiger charge is 2.39. The molecule has 1 aromatic carbocycles. The molecule has 4 rings (SSSR count). The third-order valence-corrected chi connectivity index (χ3v) is 6.69. The van der Waals surface area contributed by atoms with Crippen molar-refractivity contribution in [2.24, 2.45) is 0 Å². The molecule has 2 heterocycles. The number of fused-ring (bicyclic) bond motifs is 1. The molecule has 1 aliphatic carbocycles. The SMILES string of the molecule is C[C@]1(c2nnc([C@@H]3CN(S(C)(=O)=O)CCO3)o2)CCCc2ccccc21. The van der Waals surface area contributed by atoms with E-state index in [0.29, 0.717) is 24.9 Å². The molecular formula is C18H23N3O4S. The molecule has 0 unspecified atom stereocenters. The second kappa shape index (κ2) is 6.44. The Kier molecular flexibility index (Phi) is 4.37. The van der Waals surface area contributed by atoms with E-state index in [-0.39, 0.29) is 12.0 Å². The fourth-order valence-electron chi connectivity index (χ4n) is 3.93. The Bertz CT molecular complexity index is 911. The van der Waals surface area contributed by atoms with Crippen LogP contribution in [-0.2, 0) is 26.6 Å². The van der Waals surface area contributed by atoms with Crippen LogP contribution in [0.15, 0.2) is 28.7 Å². The number of ether oxygens (including phenoxy) is 1. The van der Waals surface area contributed by atoms with Crippen LogP contribution in [0.4, 0.5) is 0 Å². The van der Waals surface area contributed by atoms with Crippen LogP contribution in [0.3, 0.4) is 0 Å². The summed E-state index contributed by atoms with van der Waals surface area (Å²) in [4.78, 5) is 0. The maximum atomic E-state index is 11.8. The van der Waals surface area contributed by atoms with Crippen LogP contribution in [0.25, 0.3) is 0 Å². The van der Waals surface area contributed by atoms with Gasteiger partial charge in [0.05, 0.1) is 18.3 Å². The van der Waals surface area contributed by atoms with E-state index in [4.69, 9.17) is 9.15 Å². The number of rotatable bonds is 3. The molecule has 1 aliphatic heterocycles. The van der Waals surface area contributed by atoms with Crippen molar-refractivity contribution in [2.75, 3.05) is 26.0 Å². The molecule has 2 aromatic rings. The Balaban J connectivity index is 1.63. The first kappa shape index (κ1) is 17.6. The molecule has 1 saturated heterocycles. The van der Waals surface area contributed by atoms with E-state index in [0.717, 1.165) is 19.3 Å². The Morgan fingerprint density at radius 3 is 2.88 bits per heavy atom. The summed E-state index contributed by atoms with van der Waals surface area (Å²) < 4.78 is 36.7. The smallest absolute Gasteiger partial charge is 0.246 e. The molecule has 0 bridgehead atoms. The van der Waals surface area contributed by atoms with Crippen LogP contribution in [0.5, 0.6) is 0 Å². The van der Waals surface area contributed by atoms with Crippen LogP contribution in [0.2, 0.25) is 0 Å². The largest absolute Gasteiger partial charge is 0.421 e. The fourth-order valence-corrected chi connectivity index (χ4v) is 4.74. The van der Waals surface area contributed by atoms with Crippen molar-refractivity contribution in [1.82, 2.24) is 14.5 Å². The quantitative estimate of drug-likeness (QED) is 0.814. The molecule has 0 N–H and O–H groups in total. The minimum Gasteiger partial charge on any atom is -0.421 e. The van der Waals surface area contributed by atoms with Gasteiger partial charge in [0.15, 0.2) is 0 Å². The van der Waals surface area contributed by atoms with E-state index < -0.39 is 16.1 Å². The first-order valence-electron chi connectivity index (χ1n) is 8.87. The van der Waals surface area contributed by atoms with Crippen LogP contribution >= 0.6 is 0 Å². The average molecular weight is 377 g/mol. The summed E-state index contributed by atoms with van der Waals surface area (Å²) in [6.45, 7) is 3.00. The molecule has 140 valence electrons. The van der Waals surface area contributed by atoms with Gasteiger partial charge < -0.3 is 9.15 Å². The van der Waals surface area contributed by atoms with Gasteiger partial charge in [-0.15, -0.1) is 10.2 Å². The summed E-state index contributed by atoms with van der Waals surface area (Å²) >= 11 is 0. The van der Waals surface area contributed by atoms with Crippen molar-refractivity contribution < 1.29 is 17.6 Å². The molecule has 0 saturated carbocycles. The van der Waals surface area contributed by atoms with Gasteiger partial charge in [0.1, 0.15) is 6.10 Å². The highest BCUT2D eigenvalue weighted by Crippen LogP contribution is 2.42. The van der Waals surface area contributed by atoms with Crippen molar-refractivity contribution in [3.63, 3.8) is 0 Å². The molecule has 0 spiro atoms. The molecule has 0 amide bonds. The zero-order valence-electron chi connectivity index (χ0n) is 15.0. The summed E-state index contributed by atoms with van der Waals surface area (Å²) in [7, 11) is -3.27. The van der Waals surface area contributed by atoms with Gasteiger partial charge in [-0.05, 0) is 37.3 Å². The Hall–Kier alpha value is -1.77. The fraction of sp³-hybridized carbons (Fsp3) is 0.556. The number of aromatic nitrogens is 2. The van der Waals surface area contributed by atoms with E-state index in [1.54, 1.807) is 0 Å². The highest BCUT2D eigenvalue weighted by atomic mass is 32.2. The lowest BCUT2D eigenvalue weighted by Gasteiger charge is -2.33. The molecule has 2 atom stereocenters. The minimum absolute atomic E-state index is 0.202. The lowest BCUT2D eigenvalue weighted by Crippen LogP contribution is -2.41. The van der Waals surface area contributed by atoms with Gasteiger partial charge >= 0.3 is 0 Å².